The normalized spacial score (nSPS) is 10.9. The van der Waals surface area contributed by atoms with Crippen molar-refractivity contribution in [2.24, 2.45) is 0 Å². The van der Waals surface area contributed by atoms with Crippen LogP contribution in [0, 0.1) is 0 Å². The Morgan fingerprint density at radius 2 is 1.83 bits per heavy atom. The maximum Gasteiger partial charge on any atom is 0.153 e. The quantitative estimate of drug-likeness (QED) is 0.660. The van der Waals surface area contributed by atoms with E-state index in [1.54, 1.807) is 10.7 Å². The lowest BCUT2D eigenvalue weighted by molar-refractivity contribution is 0.917. The topological polar surface area (TPSA) is 69.9 Å². The Bertz CT molecular complexity index is 733. The summed E-state index contributed by atoms with van der Waals surface area (Å²) in [5.74, 6) is 0.463. The molecule has 0 unspecified atom stereocenters. The van der Waals surface area contributed by atoms with E-state index < -0.39 is 0 Å². The van der Waals surface area contributed by atoms with Gasteiger partial charge in [0.15, 0.2) is 5.82 Å². The van der Waals surface area contributed by atoms with Crippen LogP contribution in [0.15, 0.2) is 42.5 Å². The highest BCUT2D eigenvalue weighted by Crippen LogP contribution is 2.28. The van der Waals surface area contributed by atoms with Crippen molar-refractivity contribution in [1.82, 2.24) is 9.78 Å². The van der Waals surface area contributed by atoms with Gasteiger partial charge in [0.1, 0.15) is 0 Å². The molecule has 5 heteroatoms. The van der Waals surface area contributed by atoms with Crippen molar-refractivity contribution in [1.29, 1.82) is 0 Å². The molecule has 4 nitrogen and oxygen atoms in total. The Labute approximate surface area is 109 Å². The largest absolute Gasteiger partial charge is 0.399 e. The molecule has 1 heterocycles. The fraction of sp³-hybridized carbons (Fsp3) is 0. The standard InChI is InChI=1S/C13H11ClN4/c14-10-3-1-2-4-11(10)18-12-7-8(15)5-6-9(12)13(16)17-18/h1-7H,15H2,(H2,16,17). The number of rotatable bonds is 1. The monoisotopic (exact) mass is 258 g/mol. The Balaban J connectivity index is 2.36. The van der Waals surface area contributed by atoms with Crippen LogP contribution >= 0.6 is 11.6 Å². The number of halogens is 1. The molecule has 0 saturated carbocycles. The lowest BCUT2D eigenvalue weighted by atomic mass is 10.2. The van der Waals surface area contributed by atoms with Gasteiger partial charge in [-0.2, -0.15) is 0 Å². The van der Waals surface area contributed by atoms with E-state index in [4.69, 9.17) is 23.1 Å². The molecule has 0 amide bonds. The molecule has 0 radical (unpaired) electrons. The summed E-state index contributed by atoms with van der Waals surface area (Å²) in [6.07, 6.45) is 0. The predicted octanol–water partition coefficient (Wildman–Crippen LogP) is 2.84. The van der Waals surface area contributed by atoms with E-state index in [-0.39, 0.29) is 0 Å². The zero-order valence-electron chi connectivity index (χ0n) is 9.47. The molecule has 0 fully saturated rings. The summed E-state index contributed by atoms with van der Waals surface area (Å²) in [6, 6.07) is 13.0. The number of hydrogen-bond acceptors (Lipinski definition) is 3. The second-order valence-electron chi connectivity index (χ2n) is 4.03. The first kappa shape index (κ1) is 10.9. The first-order chi connectivity index (χ1) is 8.66. The first-order valence-electron chi connectivity index (χ1n) is 5.45. The first-order valence-corrected chi connectivity index (χ1v) is 5.83. The SMILES string of the molecule is Nc1ccc2c(N)nn(-c3ccccc3Cl)c2c1. The van der Waals surface area contributed by atoms with Crippen molar-refractivity contribution in [3.8, 4) is 5.69 Å². The summed E-state index contributed by atoms with van der Waals surface area (Å²) >= 11 is 6.18. The van der Waals surface area contributed by atoms with Crippen LogP contribution in [0.3, 0.4) is 0 Å². The van der Waals surface area contributed by atoms with E-state index in [0.717, 1.165) is 16.6 Å². The van der Waals surface area contributed by atoms with E-state index in [0.29, 0.717) is 16.5 Å². The molecule has 0 aliphatic carbocycles. The number of anilines is 2. The minimum Gasteiger partial charge on any atom is -0.399 e. The Hall–Kier alpha value is -2.20. The zero-order valence-corrected chi connectivity index (χ0v) is 10.2. The van der Waals surface area contributed by atoms with Gasteiger partial charge >= 0.3 is 0 Å². The summed E-state index contributed by atoms with van der Waals surface area (Å²) in [5, 5.41) is 5.80. The van der Waals surface area contributed by atoms with Gasteiger partial charge < -0.3 is 11.5 Å². The van der Waals surface area contributed by atoms with Crippen LogP contribution in [-0.4, -0.2) is 9.78 Å². The van der Waals surface area contributed by atoms with Crippen molar-refractivity contribution in [2.45, 2.75) is 0 Å². The highest BCUT2D eigenvalue weighted by Gasteiger charge is 2.11. The Morgan fingerprint density at radius 3 is 2.61 bits per heavy atom. The van der Waals surface area contributed by atoms with Gasteiger partial charge in [0, 0.05) is 11.1 Å². The van der Waals surface area contributed by atoms with Crippen LogP contribution in [0.4, 0.5) is 11.5 Å². The van der Waals surface area contributed by atoms with Crippen LogP contribution in [0.1, 0.15) is 0 Å². The summed E-state index contributed by atoms with van der Waals surface area (Å²) in [7, 11) is 0. The third-order valence-electron chi connectivity index (χ3n) is 2.81. The minimum atomic E-state index is 0.463. The molecule has 90 valence electrons. The molecule has 0 atom stereocenters. The molecular formula is C13H11ClN4. The number of aromatic nitrogens is 2. The average molecular weight is 259 g/mol. The van der Waals surface area contributed by atoms with E-state index in [1.165, 1.54) is 0 Å². The summed E-state index contributed by atoms with van der Waals surface area (Å²) in [5.41, 5.74) is 14.0. The lowest BCUT2D eigenvalue weighted by Gasteiger charge is -2.05. The molecule has 3 rings (SSSR count). The fourth-order valence-electron chi connectivity index (χ4n) is 1.96. The van der Waals surface area contributed by atoms with Crippen molar-refractivity contribution in [2.75, 3.05) is 11.5 Å². The van der Waals surface area contributed by atoms with Crippen LogP contribution in [0.25, 0.3) is 16.6 Å². The van der Waals surface area contributed by atoms with E-state index >= 15 is 0 Å². The molecular weight excluding hydrogens is 248 g/mol. The molecule has 0 spiro atoms. The van der Waals surface area contributed by atoms with Crippen molar-refractivity contribution in [3.63, 3.8) is 0 Å². The van der Waals surface area contributed by atoms with Crippen molar-refractivity contribution >= 4 is 34.0 Å². The Morgan fingerprint density at radius 1 is 1.06 bits per heavy atom. The van der Waals surface area contributed by atoms with Gasteiger partial charge in [-0.3, -0.25) is 0 Å². The summed E-state index contributed by atoms with van der Waals surface area (Å²) in [4.78, 5) is 0. The van der Waals surface area contributed by atoms with Gasteiger partial charge in [0.25, 0.3) is 0 Å². The van der Waals surface area contributed by atoms with Gasteiger partial charge in [-0.05, 0) is 30.3 Å². The summed E-state index contributed by atoms with van der Waals surface area (Å²) < 4.78 is 1.71. The van der Waals surface area contributed by atoms with Crippen LogP contribution in [-0.2, 0) is 0 Å². The molecule has 4 N–H and O–H groups in total. The summed E-state index contributed by atoms with van der Waals surface area (Å²) in [6.45, 7) is 0. The molecule has 0 aliphatic heterocycles. The average Bonchev–Trinajstić information content (AvgIpc) is 2.67. The number of benzene rings is 2. The predicted molar refractivity (Wildman–Crippen MR) is 74.9 cm³/mol. The third kappa shape index (κ3) is 1.58. The van der Waals surface area contributed by atoms with E-state index in [1.807, 2.05) is 36.4 Å². The fourth-order valence-corrected chi connectivity index (χ4v) is 2.18. The smallest absolute Gasteiger partial charge is 0.153 e. The van der Waals surface area contributed by atoms with Gasteiger partial charge in [0.05, 0.1) is 16.2 Å². The number of hydrogen-bond donors (Lipinski definition) is 2. The molecule has 0 aliphatic rings. The van der Waals surface area contributed by atoms with E-state index in [9.17, 15) is 0 Å². The second kappa shape index (κ2) is 3.92. The molecule has 0 bridgehead atoms. The highest BCUT2D eigenvalue weighted by molar-refractivity contribution is 6.32. The maximum atomic E-state index is 6.18. The highest BCUT2D eigenvalue weighted by atomic mass is 35.5. The maximum absolute atomic E-state index is 6.18. The number of nitrogens with zero attached hydrogens (tertiary/aromatic N) is 2. The number of nitrogen functional groups attached to an aromatic ring is 2. The lowest BCUT2D eigenvalue weighted by Crippen LogP contribution is -1.98. The second-order valence-corrected chi connectivity index (χ2v) is 4.43. The van der Waals surface area contributed by atoms with E-state index in [2.05, 4.69) is 5.10 Å². The Kier molecular flexibility index (Phi) is 2.38. The zero-order chi connectivity index (χ0) is 12.7. The molecule has 1 aromatic heterocycles. The van der Waals surface area contributed by atoms with Crippen molar-refractivity contribution in [3.05, 3.63) is 47.5 Å². The molecule has 18 heavy (non-hydrogen) atoms. The number of nitrogens with two attached hydrogens (primary N) is 2. The minimum absolute atomic E-state index is 0.463. The molecule has 3 aromatic rings. The number of fused-ring (bicyclic) bond motifs is 1. The van der Waals surface area contributed by atoms with Crippen LogP contribution < -0.4 is 11.5 Å². The number of para-hydroxylation sites is 1. The van der Waals surface area contributed by atoms with Gasteiger partial charge in [-0.1, -0.05) is 23.7 Å². The third-order valence-corrected chi connectivity index (χ3v) is 3.13. The van der Waals surface area contributed by atoms with Gasteiger partial charge in [0.2, 0.25) is 0 Å². The van der Waals surface area contributed by atoms with Crippen LogP contribution in [0.2, 0.25) is 5.02 Å². The molecule has 2 aromatic carbocycles. The van der Waals surface area contributed by atoms with Crippen LogP contribution in [0.5, 0.6) is 0 Å². The van der Waals surface area contributed by atoms with Gasteiger partial charge in [-0.25, -0.2) is 4.68 Å². The van der Waals surface area contributed by atoms with Crippen molar-refractivity contribution < 1.29 is 0 Å². The van der Waals surface area contributed by atoms with Gasteiger partial charge in [-0.15, -0.1) is 5.10 Å². The molecule has 0 saturated heterocycles.